The molecule has 0 saturated heterocycles. The fraction of sp³-hybridized carbons (Fsp3) is 0.400. The molecule has 1 saturated carbocycles. The van der Waals surface area contributed by atoms with Gasteiger partial charge in [-0.3, -0.25) is 0 Å². The normalized spacial score (nSPS) is 22.4. The molecule has 3 rings (SSSR count). The molecule has 1 heterocycles. The van der Waals surface area contributed by atoms with Crippen LogP contribution in [0.1, 0.15) is 49.4 Å². The van der Waals surface area contributed by atoms with E-state index in [0.29, 0.717) is 17.9 Å². The van der Waals surface area contributed by atoms with Crippen LogP contribution in [0.25, 0.3) is 0 Å². The average Bonchev–Trinajstić information content (AvgIpc) is 3.06. The quantitative estimate of drug-likeness (QED) is 0.809. The van der Waals surface area contributed by atoms with Crippen LogP contribution in [0.3, 0.4) is 0 Å². The molecule has 3 heteroatoms. The SMILES string of the molecule is CC(C)c1c[nH]c(=S)n1C1CC1c1ccccc1. The van der Waals surface area contributed by atoms with Crippen molar-refractivity contribution in [2.45, 2.75) is 38.1 Å². The maximum Gasteiger partial charge on any atom is 0.177 e. The van der Waals surface area contributed by atoms with E-state index in [9.17, 15) is 0 Å². The molecule has 2 nitrogen and oxygen atoms in total. The highest BCUT2D eigenvalue weighted by Gasteiger charge is 2.41. The Kier molecular flexibility index (Phi) is 2.86. The zero-order valence-electron chi connectivity index (χ0n) is 10.8. The van der Waals surface area contributed by atoms with E-state index in [0.717, 1.165) is 4.77 Å². The average molecular weight is 258 g/mol. The Hall–Kier alpha value is -1.35. The minimum absolute atomic E-state index is 0.509. The third-order valence-corrected chi connectivity index (χ3v) is 4.06. The van der Waals surface area contributed by atoms with Gasteiger partial charge in [-0.2, -0.15) is 0 Å². The highest BCUT2D eigenvalue weighted by atomic mass is 32.1. The van der Waals surface area contributed by atoms with E-state index < -0.39 is 0 Å². The van der Waals surface area contributed by atoms with Gasteiger partial charge in [0.25, 0.3) is 0 Å². The van der Waals surface area contributed by atoms with Crippen molar-refractivity contribution in [3.63, 3.8) is 0 Å². The Morgan fingerprint density at radius 1 is 1.28 bits per heavy atom. The zero-order valence-corrected chi connectivity index (χ0v) is 11.6. The zero-order chi connectivity index (χ0) is 12.7. The highest BCUT2D eigenvalue weighted by Crippen LogP contribution is 2.52. The van der Waals surface area contributed by atoms with E-state index in [-0.39, 0.29) is 0 Å². The molecule has 1 aromatic heterocycles. The number of H-pyrrole nitrogens is 1. The number of nitrogens with one attached hydrogen (secondary N) is 1. The third kappa shape index (κ3) is 1.93. The first-order valence-electron chi connectivity index (χ1n) is 6.53. The second-order valence-electron chi connectivity index (χ2n) is 5.36. The molecule has 0 bridgehead atoms. The smallest absolute Gasteiger partial charge is 0.177 e. The predicted octanol–water partition coefficient (Wildman–Crippen LogP) is 4.40. The van der Waals surface area contributed by atoms with Crippen molar-refractivity contribution in [1.82, 2.24) is 9.55 Å². The van der Waals surface area contributed by atoms with Crippen molar-refractivity contribution in [2.75, 3.05) is 0 Å². The number of aromatic nitrogens is 2. The van der Waals surface area contributed by atoms with Crippen molar-refractivity contribution in [3.8, 4) is 0 Å². The summed E-state index contributed by atoms with van der Waals surface area (Å²) in [5.74, 6) is 1.14. The van der Waals surface area contributed by atoms with Crippen molar-refractivity contribution >= 4 is 12.2 Å². The summed E-state index contributed by atoms with van der Waals surface area (Å²) in [6.07, 6.45) is 3.27. The summed E-state index contributed by atoms with van der Waals surface area (Å²) in [7, 11) is 0. The molecule has 0 radical (unpaired) electrons. The lowest BCUT2D eigenvalue weighted by Crippen LogP contribution is -2.03. The molecule has 0 amide bonds. The molecule has 2 unspecified atom stereocenters. The Balaban J connectivity index is 1.91. The largest absolute Gasteiger partial charge is 0.337 e. The van der Waals surface area contributed by atoms with Crippen LogP contribution in [0.2, 0.25) is 0 Å². The van der Waals surface area contributed by atoms with E-state index in [1.54, 1.807) is 0 Å². The molecule has 2 aromatic rings. The van der Waals surface area contributed by atoms with Gasteiger partial charge in [0.05, 0.1) is 0 Å². The fourth-order valence-corrected chi connectivity index (χ4v) is 3.00. The van der Waals surface area contributed by atoms with Crippen LogP contribution in [0.5, 0.6) is 0 Å². The van der Waals surface area contributed by atoms with Crippen LogP contribution in [0.15, 0.2) is 36.5 Å². The van der Waals surface area contributed by atoms with Crippen molar-refractivity contribution < 1.29 is 0 Å². The number of hydrogen-bond donors (Lipinski definition) is 1. The molecule has 94 valence electrons. The minimum Gasteiger partial charge on any atom is -0.337 e. The predicted molar refractivity (Wildman–Crippen MR) is 76.5 cm³/mol. The number of imidazole rings is 1. The van der Waals surface area contributed by atoms with Gasteiger partial charge in [-0.1, -0.05) is 44.2 Å². The van der Waals surface area contributed by atoms with Crippen LogP contribution in [-0.4, -0.2) is 9.55 Å². The number of benzene rings is 1. The molecule has 0 aliphatic heterocycles. The molecule has 0 spiro atoms. The molecule has 1 N–H and O–H groups in total. The molecule has 2 atom stereocenters. The van der Waals surface area contributed by atoms with Gasteiger partial charge in [0, 0.05) is 23.9 Å². The van der Waals surface area contributed by atoms with Crippen molar-refractivity contribution in [1.29, 1.82) is 0 Å². The summed E-state index contributed by atoms with van der Waals surface area (Å²) in [5, 5.41) is 0. The third-order valence-electron chi connectivity index (χ3n) is 3.75. The van der Waals surface area contributed by atoms with Gasteiger partial charge in [-0.15, -0.1) is 0 Å². The second-order valence-corrected chi connectivity index (χ2v) is 5.75. The number of hydrogen-bond acceptors (Lipinski definition) is 1. The Bertz CT molecular complexity index is 594. The summed E-state index contributed by atoms with van der Waals surface area (Å²) < 4.78 is 3.18. The number of nitrogens with zero attached hydrogens (tertiary/aromatic N) is 1. The minimum atomic E-state index is 0.509. The van der Waals surface area contributed by atoms with Crippen LogP contribution in [0, 0.1) is 4.77 Å². The van der Waals surface area contributed by atoms with Crippen molar-refractivity contribution in [3.05, 3.63) is 52.6 Å². The lowest BCUT2D eigenvalue weighted by atomic mass is 10.1. The first-order valence-corrected chi connectivity index (χ1v) is 6.94. The Labute approximate surface area is 113 Å². The van der Waals surface area contributed by atoms with Gasteiger partial charge in [0.2, 0.25) is 0 Å². The summed E-state index contributed by atoms with van der Waals surface area (Å²) in [5.41, 5.74) is 2.75. The molecule has 18 heavy (non-hydrogen) atoms. The number of aromatic amines is 1. The Morgan fingerprint density at radius 3 is 2.67 bits per heavy atom. The highest BCUT2D eigenvalue weighted by molar-refractivity contribution is 7.71. The summed E-state index contributed by atoms with van der Waals surface area (Å²) in [4.78, 5) is 3.19. The topological polar surface area (TPSA) is 20.7 Å². The van der Waals surface area contributed by atoms with E-state index in [1.807, 2.05) is 0 Å². The first kappa shape index (κ1) is 11.7. The molecular weight excluding hydrogens is 240 g/mol. The van der Waals surface area contributed by atoms with Gasteiger partial charge in [0.15, 0.2) is 4.77 Å². The maximum absolute atomic E-state index is 5.42. The molecular formula is C15H18N2S. The van der Waals surface area contributed by atoms with Gasteiger partial charge < -0.3 is 9.55 Å². The summed E-state index contributed by atoms with van der Waals surface area (Å²) in [6.45, 7) is 4.43. The van der Waals surface area contributed by atoms with Gasteiger partial charge in [0.1, 0.15) is 0 Å². The fourth-order valence-electron chi connectivity index (χ4n) is 2.70. The van der Waals surface area contributed by atoms with Crippen molar-refractivity contribution in [2.24, 2.45) is 0 Å². The standard InChI is InChI=1S/C15H18N2S/c1-10(2)14-9-16-15(18)17(14)13-8-12(13)11-6-4-3-5-7-11/h3-7,9-10,12-13H,8H2,1-2H3,(H,16,18). The monoisotopic (exact) mass is 258 g/mol. The van der Waals surface area contributed by atoms with E-state index in [1.165, 1.54) is 17.7 Å². The van der Waals surface area contributed by atoms with Gasteiger partial charge in [-0.05, 0) is 30.1 Å². The van der Waals surface area contributed by atoms with E-state index in [2.05, 4.69) is 59.9 Å². The van der Waals surface area contributed by atoms with E-state index >= 15 is 0 Å². The van der Waals surface area contributed by atoms with Crippen LogP contribution >= 0.6 is 12.2 Å². The van der Waals surface area contributed by atoms with Gasteiger partial charge in [-0.25, -0.2) is 0 Å². The summed E-state index contributed by atoms with van der Waals surface area (Å²) >= 11 is 5.42. The molecule has 1 aromatic carbocycles. The second kappa shape index (κ2) is 4.39. The maximum atomic E-state index is 5.42. The van der Waals surface area contributed by atoms with Crippen LogP contribution < -0.4 is 0 Å². The first-order chi connectivity index (χ1) is 8.68. The lowest BCUT2D eigenvalue weighted by molar-refractivity contribution is 0.636. The van der Waals surface area contributed by atoms with E-state index in [4.69, 9.17) is 12.2 Å². The van der Waals surface area contributed by atoms with Gasteiger partial charge >= 0.3 is 0 Å². The Morgan fingerprint density at radius 2 is 2.00 bits per heavy atom. The molecule has 1 aliphatic carbocycles. The lowest BCUT2D eigenvalue weighted by Gasteiger charge is -2.10. The van der Waals surface area contributed by atoms with Crippen LogP contribution in [0.4, 0.5) is 0 Å². The van der Waals surface area contributed by atoms with Crippen LogP contribution in [-0.2, 0) is 0 Å². The number of rotatable bonds is 3. The molecule has 1 fully saturated rings. The summed E-state index contributed by atoms with van der Waals surface area (Å²) in [6, 6.07) is 11.3. The molecule has 1 aliphatic rings.